The number of rotatable bonds is 3. The van der Waals surface area contributed by atoms with Gasteiger partial charge in [-0.2, -0.15) is 0 Å². The van der Waals surface area contributed by atoms with Gasteiger partial charge in [0.1, 0.15) is 0 Å². The van der Waals surface area contributed by atoms with Crippen LogP contribution in [0.1, 0.15) is 5.56 Å². The zero-order valence-corrected chi connectivity index (χ0v) is 8.82. The molecule has 0 atom stereocenters. The molecule has 17 heavy (non-hydrogen) atoms. The summed E-state index contributed by atoms with van der Waals surface area (Å²) in [5.74, 6) is 5.05. The first kappa shape index (κ1) is 12.3. The normalized spacial score (nSPS) is 8.53. The minimum Gasteiger partial charge on any atom is -0.476 e. The number of aromatic nitrogens is 1. The van der Waals surface area contributed by atoms with Gasteiger partial charge in [0.05, 0.1) is 18.6 Å². The van der Waals surface area contributed by atoms with E-state index in [1.54, 1.807) is 0 Å². The Kier molecular flexibility index (Phi) is 4.30. The Balaban J connectivity index is 3.02. The SMILES string of the molecule is COc1ncc(C#CCN=[N+]=[N-])cc1[N+](=O)[O-]. The van der Waals surface area contributed by atoms with Crippen molar-refractivity contribution in [3.63, 3.8) is 0 Å². The Morgan fingerprint density at radius 2 is 2.53 bits per heavy atom. The molecule has 1 aromatic heterocycles. The van der Waals surface area contributed by atoms with E-state index in [2.05, 4.69) is 26.9 Å². The molecule has 0 spiro atoms. The van der Waals surface area contributed by atoms with Crippen molar-refractivity contribution in [2.24, 2.45) is 5.11 Å². The summed E-state index contributed by atoms with van der Waals surface area (Å²) in [5, 5.41) is 13.9. The third-order valence-corrected chi connectivity index (χ3v) is 1.67. The molecule has 0 unspecified atom stereocenters. The number of methoxy groups -OCH3 is 1. The predicted molar refractivity (Wildman–Crippen MR) is 58.3 cm³/mol. The van der Waals surface area contributed by atoms with E-state index >= 15 is 0 Å². The average Bonchev–Trinajstić information content (AvgIpc) is 2.34. The summed E-state index contributed by atoms with van der Waals surface area (Å²) in [6.45, 7) is -0.00364. The molecule has 8 heteroatoms. The smallest absolute Gasteiger partial charge is 0.332 e. The van der Waals surface area contributed by atoms with Crippen molar-refractivity contribution in [1.82, 2.24) is 4.98 Å². The van der Waals surface area contributed by atoms with Crippen molar-refractivity contribution in [1.29, 1.82) is 0 Å². The highest BCUT2D eigenvalue weighted by atomic mass is 16.6. The van der Waals surface area contributed by atoms with E-state index in [-0.39, 0.29) is 18.1 Å². The van der Waals surface area contributed by atoms with Crippen LogP contribution in [0.2, 0.25) is 0 Å². The van der Waals surface area contributed by atoms with Gasteiger partial charge in [0, 0.05) is 22.7 Å². The van der Waals surface area contributed by atoms with Crippen LogP contribution in [0.4, 0.5) is 5.69 Å². The summed E-state index contributed by atoms with van der Waals surface area (Å²) >= 11 is 0. The number of ether oxygens (including phenoxy) is 1. The first-order valence-electron chi connectivity index (χ1n) is 4.37. The summed E-state index contributed by atoms with van der Waals surface area (Å²) in [6.07, 6.45) is 1.34. The number of nitro groups is 1. The molecular formula is C9H7N5O3. The van der Waals surface area contributed by atoms with Crippen molar-refractivity contribution in [2.75, 3.05) is 13.7 Å². The van der Waals surface area contributed by atoms with Crippen LogP contribution in [0.15, 0.2) is 17.4 Å². The molecule has 0 aromatic carbocycles. The Labute approximate surface area is 96.0 Å². The molecule has 0 radical (unpaired) electrons. The lowest BCUT2D eigenvalue weighted by Crippen LogP contribution is -1.96. The molecule has 86 valence electrons. The van der Waals surface area contributed by atoms with E-state index in [0.717, 1.165) is 0 Å². The van der Waals surface area contributed by atoms with Gasteiger partial charge < -0.3 is 4.74 Å². The number of pyridine rings is 1. The molecule has 0 aliphatic rings. The molecule has 0 amide bonds. The van der Waals surface area contributed by atoms with E-state index in [9.17, 15) is 10.1 Å². The number of azide groups is 1. The molecule has 0 saturated heterocycles. The molecular weight excluding hydrogens is 226 g/mol. The lowest BCUT2D eigenvalue weighted by molar-refractivity contribution is -0.386. The van der Waals surface area contributed by atoms with Gasteiger partial charge in [-0.3, -0.25) is 10.1 Å². The Morgan fingerprint density at radius 1 is 1.76 bits per heavy atom. The molecule has 1 heterocycles. The first-order chi connectivity index (χ1) is 8.19. The second-order valence-electron chi connectivity index (χ2n) is 2.70. The maximum Gasteiger partial charge on any atom is 0.332 e. The van der Waals surface area contributed by atoms with Gasteiger partial charge in [0.2, 0.25) is 0 Å². The number of hydrogen-bond donors (Lipinski definition) is 0. The van der Waals surface area contributed by atoms with Crippen molar-refractivity contribution in [3.8, 4) is 17.7 Å². The molecule has 0 fully saturated rings. The third kappa shape index (κ3) is 3.37. The monoisotopic (exact) mass is 233 g/mol. The highest BCUT2D eigenvalue weighted by Gasteiger charge is 2.16. The molecule has 0 aliphatic heterocycles. The fourth-order valence-corrected chi connectivity index (χ4v) is 1.01. The second-order valence-corrected chi connectivity index (χ2v) is 2.70. The molecule has 0 bridgehead atoms. The summed E-state index contributed by atoms with van der Waals surface area (Å²) in [6, 6.07) is 1.24. The fraction of sp³-hybridized carbons (Fsp3) is 0.222. The van der Waals surface area contributed by atoms with Crippen LogP contribution in [-0.4, -0.2) is 23.6 Å². The summed E-state index contributed by atoms with van der Waals surface area (Å²) in [4.78, 5) is 16.3. The van der Waals surface area contributed by atoms with Crippen LogP contribution in [0, 0.1) is 22.0 Å². The zero-order chi connectivity index (χ0) is 12.7. The number of hydrogen-bond acceptors (Lipinski definition) is 5. The second kappa shape index (κ2) is 5.95. The van der Waals surface area contributed by atoms with Gasteiger partial charge in [-0.05, 0) is 5.53 Å². The third-order valence-electron chi connectivity index (χ3n) is 1.67. The fourth-order valence-electron chi connectivity index (χ4n) is 1.01. The standard InChI is InChI=1S/C9H7N5O3/c1-17-9-8(14(15)16)5-7(6-11-9)3-2-4-12-13-10/h5-6H,4H2,1H3. The van der Waals surface area contributed by atoms with Crippen molar-refractivity contribution >= 4 is 5.69 Å². The van der Waals surface area contributed by atoms with Crippen molar-refractivity contribution in [2.45, 2.75) is 0 Å². The van der Waals surface area contributed by atoms with Gasteiger partial charge >= 0.3 is 5.69 Å². The molecule has 1 rings (SSSR count). The quantitative estimate of drug-likeness (QED) is 0.197. The van der Waals surface area contributed by atoms with E-state index in [1.165, 1.54) is 19.4 Å². The van der Waals surface area contributed by atoms with Crippen molar-refractivity contribution in [3.05, 3.63) is 38.4 Å². The topological polar surface area (TPSA) is 114 Å². The van der Waals surface area contributed by atoms with Gasteiger partial charge in [0.25, 0.3) is 5.88 Å². The Morgan fingerprint density at radius 3 is 3.12 bits per heavy atom. The maximum absolute atomic E-state index is 10.7. The molecule has 0 N–H and O–H groups in total. The van der Waals surface area contributed by atoms with Gasteiger partial charge in [-0.25, -0.2) is 4.98 Å². The largest absolute Gasteiger partial charge is 0.476 e. The minimum absolute atomic E-state index is 0.00364. The van der Waals surface area contributed by atoms with Gasteiger partial charge in [-0.1, -0.05) is 17.0 Å². The van der Waals surface area contributed by atoms with Crippen LogP contribution in [0.3, 0.4) is 0 Å². The molecule has 1 aromatic rings. The van der Waals surface area contributed by atoms with Crippen LogP contribution in [-0.2, 0) is 0 Å². The van der Waals surface area contributed by atoms with E-state index in [0.29, 0.717) is 5.56 Å². The van der Waals surface area contributed by atoms with E-state index in [4.69, 9.17) is 10.3 Å². The summed E-state index contributed by atoms with van der Waals surface area (Å²) < 4.78 is 4.74. The predicted octanol–water partition coefficient (Wildman–Crippen LogP) is 1.66. The number of nitrogens with zero attached hydrogens (tertiary/aromatic N) is 5. The highest BCUT2D eigenvalue weighted by Crippen LogP contribution is 2.23. The first-order valence-corrected chi connectivity index (χ1v) is 4.37. The van der Waals surface area contributed by atoms with Crippen LogP contribution >= 0.6 is 0 Å². The lowest BCUT2D eigenvalue weighted by Gasteiger charge is -1.99. The van der Waals surface area contributed by atoms with Crippen molar-refractivity contribution < 1.29 is 9.66 Å². The highest BCUT2D eigenvalue weighted by molar-refractivity contribution is 5.47. The molecule has 0 saturated carbocycles. The molecule has 0 aliphatic carbocycles. The average molecular weight is 233 g/mol. The minimum atomic E-state index is -0.607. The van der Waals surface area contributed by atoms with Gasteiger partial charge in [-0.15, -0.1) is 0 Å². The van der Waals surface area contributed by atoms with Gasteiger partial charge in [0.15, 0.2) is 0 Å². The maximum atomic E-state index is 10.7. The van der Waals surface area contributed by atoms with Crippen LogP contribution in [0.25, 0.3) is 10.4 Å². The molecule has 8 nitrogen and oxygen atoms in total. The Bertz CT molecular complexity index is 539. The Hall–Kier alpha value is -2.78. The van der Waals surface area contributed by atoms with Crippen LogP contribution < -0.4 is 4.74 Å². The zero-order valence-electron chi connectivity index (χ0n) is 8.82. The van der Waals surface area contributed by atoms with Crippen LogP contribution in [0.5, 0.6) is 5.88 Å². The van der Waals surface area contributed by atoms with E-state index in [1.807, 2.05) is 0 Å². The van der Waals surface area contributed by atoms with E-state index < -0.39 is 4.92 Å². The summed E-state index contributed by atoms with van der Waals surface area (Å²) in [7, 11) is 1.29. The summed E-state index contributed by atoms with van der Waals surface area (Å²) in [5.41, 5.74) is 8.11. The lowest BCUT2D eigenvalue weighted by atomic mass is 10.2.